The summed E-state index contributed by atoms with van der Waals surface area (Å²) in [4.78, 5) is 16.1. The average molecular weight is 236 g/mol. The van der Waals surface area contributed by atoms with Gasteiger partial charge in [0.2, 0.25) is 0 Å². The van der Waals surface area contributed by atoms with Crippen LogP contribution in [0.5, 0.6) is 0 Å². The maximum atomic E-state index is 12.0. The summed E-state index contributed by atoms with van der Waals surface area (Å²) >= 11 is 0. The third kappa shape index (κ3) is 2.66. The number of piperidine rings is 1. The molecule has 0 radical (unpaired) electrons. The van der Waals surface area contributed by atoms with Crippen molar-refractivity contribution < 1.29 is 4.79 Å². The normalized spacial score (nSPS) is 29.0. The SMILES string of the molecule is CC1CCNC(C)C1NC(=O)c1cn(C)cn1. The molecule has 2 N–H and O–H groups in total. The number of rotatable bonds is 2. The first kappa shape index (κ1) is 12.1. The van der Waals surface area contributed by atoms with Gasteiger partial charge in [0.05, 0.1) is 6.33 Å². The number of imidazole rings is 1. The van der Waals surface area contributed by atoms with E-state index in [1.54, 1.807) is 17.1 Å². The minimum absolute atomic E-state index is 0.0852. The topological polar surface area (TPSA) is 58.9 Å². The molecule has 1 saturated heterocycles. The van der Waals surface area contributed by atoms with E-state index < -0.39 is 0 Å². The Kier molecular flexibility index (Phi) is 3.47. The molecule has 0 aliphatic carbocycles. The largest absolute Gasteiger partial charge is 0.346 e. The first-order chi connectivity index (χ1) is 8.08. The van der Waals surface area contributed by atoms with Crippen molar-refractivity contribution in [3.05, 3.63) is 18.2 Å². The van der Waals surface area contributed by atoms with Crippen molar-refractivity contribution in [1.82, 2.24) is 20.2 Å². The number of aryl methyl sites for hydroxylation is 1. The lowest BCUT2D eigenvalue weighted by molar-refractivity contribution is 0.0893. The van der Waals surface area contributed by atoms with Gasteiger partial charge in [-0.1, -0.05) is 6.92 Å². The molecule has 1 aliphatic rings. The van der Waals surface area contributed by atoms with E-state index in [2.05, 4.69) is 29.5 Å². The highest BCUT2D eigenvalue weighted by atomic mass is 16.2. The maximum absolute atomic E-state index is 12.0. The van der Waals surface area contributed by atoms with Crippen LogP contribution in [-0.4, -0.2) is 34.1 Å². The molecule has 0 aromatic carbocycles. The molecule has 5 nitrogen and oxygen atoms in total. The van der Waals surface area contributed by atoms with Gasteiger partial charge in [-0.3, -0.25) is 4.79 Å². The highest BCUT2D eigenvalue weighted by Crippen LogP contribution is 2.16. The highest BCUT2D eigenvalue weighted by molar-refractivity contribution is 5.92. The highest BCUT2D eigenvalue weighted by Gasteiger charge is 2.29. The second-order valence-corrected chi connectivity index (χ2v) is 4.93. The van der Waals surface area contributed by atoms with Crippen LogP contribution in [0.4, 0.5) is 0 Å². The number of carbonyl (C=O) groups excluding carboxylic acids is 1. The van der Waals surface area contributed by atoms with Gasteiger partial charge in [-0.05, 0) is 25.8 Å². The summed E-state index contributed by atoms with van der Waals surface area (Å²) in [5.74, 6) is 0.414. The fourth-order valence-corrected chi connectivity index (χ4v) is 2.36. The van der Waals surface area contributed by atoms with Crippen LogP contribution in [0.3, 0.4) is 0 Å². The van der Waals surface area contributed by atoms with Crippen molar-refractivity contribution >= 4 is 5.91 Å². The molecule has 1 fully saturated rings. The zero-order valence-electron chi connectivity index (χ0n) is 10.6. The Labute approximate surface area is 102 Å². The molecule has 94 valence electrons. The van der Waals surface area contributed by atoms with Crippen LogP contribution in [-0.2, 0) is 7.05 Å². The molecule has 1 aliphatic heterocycles. The van der Waals surface area contributed by atoms with Crippen LogP contribution in [0.25, 0.3) is 0 Å². The van der Waals surface area contributed by atoms with Crippen molar-refractivity contribution in [3.63, 3.8) is 0 Å². The number of carbonyl (C=O) groups is 1. The van der Waals surface area contributed by atoms with Crippen LogP contribution in [0, 0.1) is 5.92 Å². The molecule has 0 spiro atoms. The lowest BCUT2D eigenvalue weighted by Gasteiger charge is -2.35. The molecular weight excluding hydrogens is 216 g/mol. The standard InChI is InChI=1S/C12H20N4O/c1-8-4-5-13-9(2)11(8)15-12(17)10-6-16(3)7-14-10/h6-9,11,13H,4-5H2,1-3H3,(H,15,17). The number of amides is 1. The van der Waals surface area contributed by atoms with Gasteiger partial charge >= 0.3 is 0 Å². The molecular formula is C12H20N4O. The molecule has 17 heavy (non-hydrogen) atoms. The van der Waals surface area contributed by atoms with Gasteiger partial charge in [0.1, 0.15) is 5.69 Å². The summed E-state index contributed by atoms with van der Waals surface area (Å²) in [7, 11) is 1.86. The first-order valence-electron chi connectivity index (χ1n) is 6.10. The molecule has 0 saturated carbocycles. The Bertz CT molecular complexity index is 391. The van der Waals surface area contributed by atoms with E-state index in [0.717, 1.165) is 13.0 Å². The molecule has 5 heteroatoms. The van der Waals surface area contributed by atoms with E-state index in [4.69, 9.17) is 0 Å². The third-order valence-corrected chi connectivity index (χ3v) is 3.45. The summed E-state index contributed by atoms with van der Waals surface area (Å²) < 4.78 is 1.78. The lowest BCUT2D eigenvalue weighted by Crippen LogP contribution is -2.55. The van der Waals surface area contributed by atoms with Gasteiger partial charge in [-0.15, -0.1) is 0 Å². The van der Waals surface area contributed by atoms with Crippen LogP contribution >= 0.6 is 0 Å². The second kappa shape index (κ2) is 4.87. The summed E-state index contributed by atoms with van der Waals surface area (Å²) in [6.07, 6.45) is 4.47. The van der Waals surface area contributed by atoms with Gasteiger partial charge in [-0.2, -0.15) is 0 Å². The summed E-state index contributed by atoms with van der Waals surface area (Å²) in [6.45, 7) is 5.32. The summed E-state index contributed by atoms with van der Waals surface area (Å²) in [6, 6.07) is 0.490. The predicted molar refractivity (Wildman–Crippen MR) is 65.7 cm³/mol. The summed E-state index contributed by atoms with van der Waals surface area (Å²) in [5, 5.41) is 6.45. The van der Waals surface area contributed by atoms with Gasteiger partial charge in [0.25, 0.3) is 5.91 Å². The van der Waals surface area contributed by atoms with E-state index in [9.17, 15) is 4.79 Å². The lowest BCUT2D eigenvalue weighted by atomic mass is 9.89. The van der Waals surface area contributed by atoms with Gasteiger partial charge in [0, 0.05) is 25.3 Å². The number of nitrogens with one attached hydrogen (secondary N) is 2. The molecule has 3 unspecified atom stereocenters. The Morgan fingerprint density at radius 2 is 2.35 bits per heavy atom. The minimum atomic E-state index is -0.0852. The molecule has 3 atom stereocenters. The van der Waals surface area contributed by atoms with Crippen molar-refractivity contribution in [2.45, 2.75) is 32.4 Å². The van der Waals surface area contributed by atoms with Crippen LogP contribution in [0.1, 0.15) is 30.8 Å². The van der Waals surface area contributed by atoms with E-state index in [1.807, 2.05) is 7.05 Å². The Balaban J connectivity index is 2.02. The zero-order valence-corrected chi connectivity index (χ0v) is 10.6. The van der Waals surface area contributed by atoms with E-state index >= 15 is 0 Å². The van der Waals surface area contributed by atoms with Crippen molar-refractivity contribution in [3.8, 4) is 0 Å². The van der Waals surface area contributed by atoms with Crippen molar-refractivity contribution in [1.29, 1.82) is 0 Å². The minimum Gasteiger partial charge on any atom is -0.346 e. The Morgan fingerprint density at radius 1 is 1.59 bits per heavy atom. The van der Waals surface area contributed by atoms with Gasteiger partial charge in [0.15, 0.2) is 0 Å². The predicted octanol–water partition coefficient (Wildman–Crippen LogP) is 0.536. The van der Waals surface area contributed by atoms with E-state index in [1.165, 1.54) is 0 Å². The number of aromatic nitrogens is 2. The van der Waals surface area contributed by atoms with E-state index in [-0.39, 0.29) is 11.9 Å². The Hall–Kier alpha value is -1.36. The summed E-state index contributed by atoms with van der Waals surface area (Å²) in [5.41, 5.74) is 0.484. The zero-order chi connectivity index (χ0) is 12.4. The molecule has 2 rings (SSSR count). The molecule has 1 amide bonds. The fourth-order valence-electron chi connectivity index (χ4n) is 2.36. The number of nitrogens with zero attached hydrogens (tertiary/aromatic N) is 2. The average Bonchev–Trinajstić information content (AvgIpc) is 2.70. The maximum Gasteiger partial charge on any atom is 0.271 e. The van der Waals surface area contributed by atoms with Gasteiger partial charge in [-0.25, -0.2) is 4.98 Å². The number of hydrogen-bond acceptors (Lipinski definition) is 3. The quantitative estimate of drug-likeness (QED) is 0.788. The van der Waals surface area contributed by atoms with Crippen LogP contribution < -0.4 is 10.6 Å². The van der Waals surface area contributed by atoms with Gasteiger partial charge < -0.3 is 15.2 Å². The van der Waals surface area contributed by atoms with E-state index in [0.29, 0.717) is 17.7 Å². The van der Waals surface area contributed by atoms with Crippen molar-refractivity contribution in [2.75, 3.05) is 6.54 Å². The monoisotopic (exact) mass is 236 g/mol. The smallest absolute Gasteiger partial charge is 0.271 e. The first-order valence-corrected chi connectivity index (χ1v) is 6.10. The third-order valence-electron chi connectivity index (χ3n) is 3.45. The Morgan fingerprint density at radius 3 is 2.94 bits per heavy atom. The fraction of sp³-hybridized carbons (Fsp3) is 0.667. The molecule has 1 aromatic heterocycles. The van der Waals surface area contributed by atoms with Crippen LogP contribution in [0.2, 0.25) is 0 Å². The molecule has 2 heterocycles. The second-order valence-electron chi connectivity index (χ2n) is 4.93. The van der Waals surface area contributed by atoms with Crippen LogP contribution in [0.15, 0.2) is 12.5 Å². The van der Waals surface area contributed by atoms with Crippen molar-refractivity contribution in [2.24, 2.45) is 13.0 Å². The molecule has 0 bridgehead atoms. The molecule has 1 aromatic rings. The number of hydrogen-bond donors (Lipinski definition) is 2.